The van der Waals surface area contributed by atoms with Gasteiger partial charge in [-0.15, -0.1) is 0 Å². The van der Waals surface area contributed by atoms with Crippen molar-refractivity contribution in [2.75, 3.05) is 13.2 Å². The van der Waals surface area contributed by atoms with Crippen molar-refractivity contribution < 1.29 is 23.8 Å². The molecule has 2 atom stereocenters. The molecule has 7 heteroatoms. The Morgan fingerprint density at radius 1 is 1.33 bits per heavy atom. The highest BCUT2D eigenvalue weighted by Crippen LogP contribution is 2.27. The lowest BCUT2D eigenvalue weighted by atomic mass is 10.0. The molecule has 0 bridgehead atoms. The lowest BCUT2D eigenvalue weighted by Gasteiger charge is -2.14. The molecular formula is C14H12BrNO5. The van der Waals surface area contributed by atoms with Gasteiger partial charge in [-0.25, -0.2) is 0 Å². The molecular weight excluding hydrogens is 342 g/mol. The third-order valence-corrected chi connectivity index (χ3v) is 4.06. The molecule has 1 aromatic heterocycles. The molecule has 1 aromatic carbocycles. The van der Waals surface area contributed by atoms with Gasteiger partial charge in [-0.2, -0.15) is 0 Å². The number of ether oxygens (including phenoxy) is 1. The molecule has 0 aliphatic carbocycles. The van der Waals surface area contributed by atoms with E-state index in [9.17, 15) is 9.59 Å². The molecule has 3 rings (SSSR count). The molecule has 1 aliphatic heterocycles. The monoisotopic (exact) mass is 353 g/mol. The van der Waals surface area contributed by atoms with Crippen LogP contribution >= 0.6 is 15.9 Å². The highest BCUT2D eigenvalue weighted by atomic mass is 79.9. The van der Waals surface area contributed by atoms with Crippen molar-refractivity contribution >= 4 is 38.8 Å². The summed E-state index contributed by atoms with van der Waals surface area (Å²) in [6.07, 6.45) is 0. The molecule has 21 heavy (non-hydrogen) atoms. The number of carboxylic acids is 1. The van der Waals surface area contributed by atoms with Crippen LogP contribution in [-0.2, 0) is 9.53 Å². The fourth-order valence-electron chi connectivity index (χ4n) is 2.32. The lowest BCUT2D eigenvalue weighted by Crippen LogP contribution is -2.42. The Bertz CT molecular complexity index is 710. The number of amides is 1. The van der Waals surface area contributed by atoms with Crippen LogP contribution in [0.3, 0.4) is 0 Å². The first-order chi connectivity index (χ1) is 10.1. The van der Waals surface area contributed by atoms with Crippen molar-refractivity contribution in [2.24, 2.45) is 5.92 Å². The quantitative estimate of drug-likeness (QED) is 0.881. The first-order valence-corrected chi connectivity index (χ1v) is 7.15. The van der Waals surface area contributed by atoms with Gasteiger partial charge in [0.2, 0.25) is 0 Å². The molecule has 0 radical (unpaired) electrons. The number of hydrogen-bond donors (Lipinski definition) is 2. The van der Waals surface area contributed by atoms with Crippen LogP contribution in [0.4, 0.5) is 0 Å². The van der Waals surface area contributed by atoms with Crippen LogP contribution in [0.5, 0.6) is 0 Å². The van der Waals surface area contributed by atoms with E-state index in [-0.39, 0.29) is 19.0 Å². The molecule has 6 nitrogen and oxygen atoms in total. The first kappa shape index (κ1) is 14.1. The number of para-hydroxylation sites is 1. The second-order valence-electron chi connectivity index (χ2n) is 4.83. The summed E-state index contributed by atoms with van der Waals surface area (Å²) in [6, 6.07) is 6.57. The summed E-state index contributed by atoms with van der Waals surface area (Å²) >= 11 is 3.35. The van der Waals surface area contributed by atoms with E-state index < -0.39 is 23.8 Å². The van der Waals surface area contributed by atoms with Crippen molar-refractivity contribution in [1.29, 1.82) is 0 Å². The van der Waals surface area contributed by atoms with Gasteiger partial charge < -0.3 is 19.6 Å². The Morgan fingerprint density at radius 2 is 2.14 bits per heavy atom. The molecule has 1 fully saturated rings. The molecule has 2 aromatic rings. The minimum absolute atomic E-state index is 0.103. The highest BCUT2D eigenvalue weighted by Gasteiger charge is 2.35. The van der Waals surface area contributed by atoms with E-state index in [1.54, 1.807) is 6.07 Å². The average molecular weight is 354 g/mol. The van der Waals surface area contributed by atoms with E-state index in [0.29, 0.717) is 5.58 Å². The second-order valence-corrected chi connectivity index (χ2v) is 5.69. The fraction of sp³-hybridized carbons (Fsp3) is 0.286. The minimum atomic E-state index is -0.981. The summed E-state index contributed by atoms with van der Waals surface area (Å²) in [5.41, 5.74) is 0.583. The number of benzene rings is 1. The van der Waals surface area contributed by atoms with E-state index >= 15 is 0 Å². The Kier molecular flexibility index (Phi) is 3.69. The van der Waals surface area contributed by atoms with Crippen molar-refractivity contribution in [1.82, 2.24) is 5.32 Å². The smallest absolute Gasteiger partial charge is 0.311 e. The van der Waals surface area contributed by atoms with Gasteiger partial charge in [0, 0.05) is 5.39 Å². The molecule has 2 unspecified atom stereocenters. The van der Waals surface area contributed by atoms with Crippen LogP contribution in [0, 0.1) is 5.92 Å². The number of aliphatic carboxylic acids is 1. The maximum absolute atomic E-state index is 12.2. The van der Waals surface area contributed by atoms with Crippen LogP contribution in [0.25, 0.3) is 11.0 Å². The van der Waals surface area contributed by atoms with Crippen LogP contribution in [0.1, 0.15) is 10.6 Å². The second kappa shape index (κ2) is 5.50. The van der Waals surface area contributed by atoms with Gasteiger partial charge in [0.1, 0.15) is 11.5 Å². The van der Waals surface area contributed by atoms with Crippen molar-refractivity contribution in [2.45, 2.75) is 6.04 Å². The number of fused-ring (bicyclic) bond motifs is 1. The molecule has 0 saturated carbocycles. The highest BCUT2D eigenvalue weighted by molar-refractivity contribution is 9.10. The van der Waals surface area contributed by atoms with Gasteiger partial charge in [0.15, 0.2) is 5.76 Å². The van der Waals surface area contributed by atoms with Crippen LogP contribution in [0.2, 0.25) is 0 Å². The SMILES string of the molecule is O=C(NC1COCC1C(=O)O)c1cc2cccc(Br)c2o1. The van der Waals surface area contributed by atoms with Crippen LogP contribution in [0.15, 0.2) is 33.2 Å². The first-order valence-electron chi connectivity index (χ1n) is 6.35. The summed E-state index contributed by atoms with van der Waals surface area (Å²) in [5, 5.41) is 12.5. The van der Waals surface area contributed by atoms with Gasteiger partial charge in [-0.1, -0.05) is 12.1 Å². The van der Waals surface area contributed by atoms with Gasteiger partial charge >= 0.3 is 5.97 Å². The van der Waals surface area contributed by atoms with Crippen molar-refractivity contribution in [3.05, 3.63) is 34.5 Å². The largest absolute Gasteiger partial charge is 0.481 e. The maximum Gasteiger partial charge on any atom is 0.311 e. The predicted molar refractivity (Wildman–Crippen MR) is 77.1 cm³/mol. The lowest BCUT2D eigenvalue weighted by molar-refractivity contribution is -0.142. The summed E-state index contributed by atoms with van der Waals surface area (Å²) in [6.45, 7) is 0.290. The third-order valence-electron chi connectivity index (χ3n) is 3.43. The molecule has 2 N–H and O–H groups in total. The maximum atomic E-state index is 12.2. The Hall–Kier alpha value is -1.86. The summed E-state index contributed by atoms with van der Waals surface area (Å²) in [4.78, 5) is 23.2. The summed E-state index contributed by atoms with van der Waals surface area (Å²) < 4.78 is 11.4. The molecule has 1 saturated heterocycles. The van der Waals surface area contributed by atoms with Gasteiger partial charge in [-0.05, 0) is 28.1 Å². The zero-order chi connectivity index (χ0) is 15.0. The van der Waals surface area contributed by atoms with Crippen molar-refractivity contribution in [3.63, 3.8) is 0 Å². The number of halogens is 1. The number of carboxylic acid groups (broad SMARTS) is 1. The number of carbonyl (C=O) groups is 2. The van der Waals surface area contributed by atoms with E-state index in [1.807, 2.05) is 18.2 Å². The summed E-state index contributed by atoms with van der Waals surface area (Å²) in [5.74, 6) is -2.01. The number of nitrogens with one attached hydrogen (secondary N) is 1. The Morgan fingerprint density at radius 3 is 2.86 bits per heavy atom. The third kappa shape index (κ3) is 2.66. The van der Waals surface area contributed by atoms with E-state index in [1.165, 1.54) is 0 Å². The average Bonchev–Trinajstić information content (AvgIpc) is 3.05. The van der Waals surface area contributed by atoms with Crippen LogP contribution in [-0.4, -0.2) is 36.2 Å². The topological polar surface area (TPSA) is 88.8 Å². The normalized spacial score (nSPS) is 21.6. The zero-order valence-corrected chi connectivity index (χ0v) is 12.4. The Labute approximate surface area is 128 Å². The zero-order valence-electron chi connectivity index (χ0n) is 10.8. The van der Waals surface area contributed by atoms with Crippen LogP contribution < -0.4 is 5.32 Å². The molecule has 0 spiro atoms. The standard InChI is InChI=1S/C14H12BrNO5/c15-9-3-1-2-7-4-11(21-12(7)9)13(17)16-10-6-20-5-8(10)14(18)19/h1-4,8,10H,5-6H2,(H,16,17)(H,18,19). The number of rotatable bonds is 3. The minimum Gasteiger partial charge on any atom is -0.481 e. The molecule has 110 valence electrons. The molecule has 1 amide bonds. The molecule has 2 heterocycles. The van der Waals surface area contributed by atoms with E-state index in [0.717, 1.165) is 9.86 Å². The van der Waals surface area contributed by atoms with E-state index in [2.05, 4.69) is 21.2 Å². The predicted octanol–water partition coefficient (Wildman–Crippen LogP) is 2.02. The van der Waals surface area contributed by atoms with Gasteiger partial charge in [0.05, 0.1) is 23.7 Å². The van der Waals surface area contributed by atoms with E-state index in [4.69, 9.17) is 14.3 Å². The van der Waals surface area contributed by atoms with Crippen molar-refractivity contribution in [3.8, 4) is 0 Å². The molecule has 1 aliphatic rings. The van der Waals surface area contributed by atoms with Gasteiger partial charge in [0.25, 0.3) is 5.91 Å². The van der Waals surface area contributed by atoms with Gasteiger partial charge in [-0.3, -0.25) is 9.59 Å². The Balaban J connectivity index is 1.81. The summed E-state index contributed by atoms with van der Waals surface area (Å²) in [7, 11) is 0. The number of hydrogen-bond acceptors (Lipinski definition) is 4. The fourth-order valence-corrected chi connectivity index (χ4v) is 2.78. The number of carbonyl (C=O) groups excluding carboxylic acids is 1. The number of furan rings is 1.